The molecule has 0 bridgehead atoms. The van der Waals surface area contributed by atoms with E-state index in [-0.39, 0.29) is 0 Å². The number of ether oxygens (including phenoxy) is 1. The summed E-state index contributed by atoms with van der Waals surface area (Å²) in [7, 11) is 0. The zero-order chi connectivity index (χ0) is 15.9. The molecule has 0 radical (unpaired) electrons. The van der Waals surface area contributed by atoms with Gasteiger partial charge in [0.2, 0.25) is 0 Å². The molecule has 0 amide bonds. The van der Waals surface area contributed by atoms with Crippen molar-refractivity contribution in [3.8, 4) is 5.75 Å². The van der Waals surface area contributed by atoms with E-state index >= 15 is 0 Å². The third kappa shape index (κ3) is 4.36. The SMILES string of the molecule is Cc1ccccc1NCc1cccc(OCc2ccccc2)c1. The van der Waals surface area contributed by atoms with Crippen molar-refractivity contribution in [3.05, 3.63) is 95.6 Å². The molecule has 0 aliphatic heterocycles. The van der Waals surface area contributed by atoms with E-state index in [1.807, 2.05) is 30.3 Å². The van der Waals surface area contributed by atoms with Crippen molar-refractivity contribution in [2.75, 3.05) is 5.32 Å². The molecule has 2 nitrogen and oxygen atoms in total. The molecular formula is C21H21NO. The van der Waals surface area contributed by atoms with E-state index in [2.05, 4.69) is 60.8 Å². The van der Waals surface area contributed by atoms with Crippen molar-refractivity contribution in [1.29, 1.82) is 0 Å². The molecule has 0 aliphatic rings. The van der Waals surface area contributed by atoms with E-state index in [1.54, 1.807) is 0 Å². The quantitative estimate of drug-likeness (QED) is 0.677. The molecule has 1 N–H and O–H groups in total. The molecule has 0 spiro atoms. The van der Waals surface area contributed by atoms with Gasteiger partial charge in [-0.3, -0.25) is 0 Å². The Bertz CT molecular complexity index is 753. The zero-order valence-corrected chi connectivity index (χ0v) is 13.3. The zero-order valence-electron chi connectivity index (χ0n) is 13.3. The van der Waals surface area contributed by atoms with Crippen LogP contribution in [0.25, 0.3) is 0 Å². The molecule has 116 valence electrons. The molecule has 0 fully saturated rings. The highest BCUT2D eigenvalue weighted by Crippen LogP contribution is 2.18. The number of anilines is 1. The van der Waals surface area contributed by atoms with Gasteiger partial charge in [-0.15, -0.1) is 0 Å². The first kappa shape index (κ1) is 15.2. The van der Waals surface area contributed by atoms with Gasteiger partial charge in [-0.1, -0.05) is 60.7 Å². The Morgan fingerprint density at radius 1 is 0.783 bits per heavy atom. The lowest BCUT2D eigenvalue weighted by molar-refractivity contribution is 0.306. The van der Waals surface area contributed by atoms with Crippen LogP contribution in [0.5, 0.6) is 5.75 Å². The lowest BCUT2D eigenvalue weighted by Gasteiger charge is -2.11. The van der Waals surface area contributed by atoms with Gasteiger partial charge in [0.15, 0.2) is 0 Å². The van der Waals surface area contributed by atoms with E-state index < -0.39 is 0 Å². The number of hydrogen-bond acceptors (Lipinski definition) is 2. The minimum atomic E-state index is 0.593. The average molecular weight is 303 g/mol. The largest absolute Gasteiger partial charge is 0.489 e. The van der Waals surface area contributed by atoms with E-state index in [9.17, 15) is 0 Å². The Labute approximate surface area is 137 Å². The van der Waals surface area contributed by atoms with Gasteiger partial charge >= 0.3 is 0 Å². The summed E-state index contributed by atoms with van der Waals surface area (Å²) in [5.41, 5.74) is 4.81. The summed E-state index contributed by atoms with van der Waals surface area (Å²) in [6, 6.07) is 26.8. The number of nitrogens with one attached hydrogen (secondary N) is 1. The number of rotatable bonds is 6. The van der Waals surface area contributed by atoms with Crippen LogP contribution in [0.1, 0.15) is 16.7 Å². The summed E-state index contributed by atoms with van der Waals surface area (Å²) in [5, 5.41) is 3.47. The van der Waals surface area contributed by atoms with Crippen molar-refractivity contribution in [3.63, 3.8) is 0 Å². The second kappa shape index (κ2) is 7.50. The minimum Gasteiger partial charge on any atom is -0.489 e. The molecule has 3 aromatic carbocycles. The van der Waals surface area contributed by atoms with Gasteiger partial charge in [0.05, 0.1) is 0 Å². The van der Waals surface area contributed by atoms with Gasteiger partial charge in [-0.2, -0.15) is 0 Å². The Morgan fingerprint density at radius 2 is 1.52 bits per heavy atom. The van der Waals surface area contributed by atoms with Gasteiger partial charge in [0.25, 0.3) is 0 Å². The van der Waals surface area contributed by atoms with E-state index in [4.69, 9.17) is 4.74 Å². The molecule has 23 heavy (non-hydrogen) atoms. The molecule has 0 saturated heterocycles. The fraction of sp³-hybridized carbons (Fsp3) is 0.143. The fourth-order valence-electron chi connectivity index (χ4n) is 2.45. The number of benzene rings is 3. The second-order valence-electron chi connectivity index (χ2n) is 5.59. The molecule has 0 aliphatic carbocycles. The highest BCUT2D eigenvalue weighted by molar-refractivity contribution is 5.50. The van der Waals surface area contributed by atoms with E-state index in [0.29, 0.717) is 6.61 Å². The molecule has 0 atom stereocenters. The molecule has 3 rings (SSSR count). The summed E-state index contributed by atoms with van der Waals surface area (Å²) < 4.78 is 5.88. The number of aryl methyl sites for hydroxylation is 1. The van der Waals surface area contributed by atoms with Crippen molar-refractivity contribution in [2.45, 2.75) is 20.1 Å². The van der Waals surface area contributed by atoms with Crippen molar-refractivity contribution in [1.82, 2.24) is 0 Å². The third-order valence-electron chi connectivity index (χ3n) is 3.77. The molecule has 0 aromatic heterocycles. The van der Waals surface area contributed by atoms with E-state index in [0.717, 1.165) is 12.3 Å². The van der Waals surface area contributed by atoms with Gasteiger partial charge in [-0.25, -0.2) is 0 Å². The lowest BCUT2D eigenvalue weighted by atomic mass is 10.1. The summed E-state index contributed by atoms with van der Waals surface area (Å²) >= 11 is 0. The standard InChI is InChI=1S/C21H21NO/c1-17-8-5-6-13-21(17)22-15-19-11-7-12-20(14-19)23-16-18-9-3-2-4-10-18/h2-14,22H,15-16H2,1H3. The Balaban J connectivity index is 1.60. The van der Waals surface area contributed by atoms with Crippen LogP contribution in [0.2, 0.25) is 0 Å². The van der Waals surface area contributed by atoms with Crippen molar-refractivity contribution < 1.29 is 4.74 Å². The Kier molecular flexibility index (Phi) is 4.95. The van der Waals surface area contributed by atoms with Crippen LogP contribution in [0.15, 0.2) is 78.9 Å². The minimum absolute atomic E-state index is 0.593. The number of hydrogen-bond donors (Lipinski definition) is 1. The average Bonchev–Trinajstić information content (AvgIpc) is 2.61. The highest BCUT2D eigenvalue weighted by Gasteiger charge is 2.00. The van der Waals surface area contributed by atoms with E-state index in [1.165, 1.54) is 22.4 Å². The summed E-state index contributed by atoms with van der Waals surface area (Å²) in [6.45, 7) is 3.49. The van der Waals surface area contributed by atoms with Crippen LogP contribution in [0.4, 0.5) is 5.69 Å². The Morgan fingerprint density at radius 3 is 2.35 bits per heavy atom. The first-order valence-electron chi connectivity index (χ1n) is 7.86. The van der Waals surface area contributed by atoms with Gasteiger partial charge in [0, 0.05) is 12.2 Å². The molecule has 3 aromatic rings. The maximum atomic E-state index is 5.88. The smallest absolute Gasteiger partial charge is 0.120 e. The van der Waals surface area contributed by atoms with Crippen molar-refractivity contribution >= 4 is 5.69 Å². The van der Waals surface area contributed by atoms with Crippen molar-refractivity contribution in [2.24, 2.45) is 0 Å². The Hall–Kier alpha value is -2.74. The maximum Gasteiger partial charge on any atom is 0.120 e. The fourth-order valence-corrected chi connectivity index (χ4v) is 2.45. The predicted molar refractivity (Wildman–Crippen MR) is 95.7 cm³/mol. The van der Waals surface area contributed by atoms with Crippen LogP contribution in [-0.2, 0) is 13.2 Å². The topological polar surface area (TPSA) is 21.3 Å². The molecule has 2 heteroatoms. The lowest BCUT2D eigenvalue weighted by Crippen LogP contribution is -2.01. The van der Waals surface area contributed by atoms with Crippen LogP contribution in [0, 0.1) is 6.92 Å². The summed E-state index contributed by atoms with van der Waals surface area (Å²) in [5.74, 6) is 0.901. The van der Waals surface area contributed by atoms with Crippen LogP contribution in [-0.4, -0.2) is 0 Å². The second-order valence-corrected chi connectivity index (χ2v) is 5.59. The van der Waals surface area contributed by atoms with Gasteiger partial charge in [0.1, 0.15) is 12.4 Å². The molecule has 0 unspecified atom stereocenters. The summed E-state index contributed by atoms with van der Waals surface area (Å²) in [4.78, 5) is 0. The molecular weight excluding hydrogens is 282 g/mol. The van der Waals surface area contributed by atoms with Gasteiger partial charge in [-0.05, 0) is 41.8 Å². The predicted octanol–water partition coefficient (Wildman–Crippen LogP) is 5.19. The molecule has 0 saturated carbocycles. The summed E-state index contributed by atoms with van der Waals surface area (Å²) in [6.07, 6.45) is 0. The normalized spacial score (nSPS) is 10.3. The number of para-hydroxylation sites is 1. The van der Waals surface area contributed by atoms with Gasteiger partial charge < -0.3 is 10.1 Å². The highest BCUT2D eigenvalue weighted by atomic mass is 16.5. The van der Waals surface area contributed by atoms with Crippen LogP contribution in [0.3, 0.4) is 0 Å². The first-order chi connectivity index (χ1) is 11.3. The first-order valence-corrected chi connectivity index (χ1v) is 7.86. The third-order valence-corrected chi connectivity index (χ3v) is 3.77. The monoisotopic (exact) mass is 303 g/mol. The van der Waals surface area contributed by atoms with Crippen LogP contribution < -0.4 is 10.1 Å². The molecule has 0 heterocycles. The maximum absolute atomic E-state index is 5.88. The van der Waals surface area contributed by atoms with Crippen LogP contribution >= 0.6 is 0 Å².